The van der Waals surface area contributed by atoms with Gasteiger partial charge in [-0.3, -0.25) is 14.5 Å². The molecule has 0 spiro atoms. The molecule has 0 radical (unpaired) electrons. The highest BCUT2D eigenvalue weighted by Gasteiger charge is 2.13. The standard InChI is InChI=1S/C13H9BrN4O3/c1-8-6-9(2-3-10(8)18(19)20)21-13-12-15-4-5-17(12)7-11(14)16-13/h2-7H,1H3. The Labute approximate surface area is 127 Å². The molecule has 0 bridgehead atoms. The lowest BCUT2D eigenvalue weighted by Crippen LogP contribution is -1.96. The Kier molecular flexibility index (Phi) is 3.30. The van der Waals surface area contributed by atoms with Gasteiger partial charge < -0.3 is 4.74 Å². The molecule has 106 valence electrons. The number of nitrogens with zero attached hydrogens (tertiary/aromatic N) is 4. The first-order valence-electron chi connectivity index (χ1n) is 5.97. The van der Waals surface area contributed by atoms with Crippen molar-refractivity contribution in [1.29, 1.82) is 0 Å². The van der Waals surface area contributed by atoms with Crippen molar-refractivity contribution in [2.24, 2.45) is 0 Å². The molecule has 21 heavy (non-hydrogen) atoms. The van der Waals surface area contributed by atoms with Gasteiger partial charge in [0.1, 0.15) is 10.4 Å². The van der Waals surface area contributed by atoms with Gasteiger partial charge in [-0.25, -0.2) is 9.97 Å². The molecule has 3 aromatic rings. The van der Waals surface area contributed by atoms with Crippen molar-refractivity contribution in [1.82, 2.24) is 14.4 Å². The van der Waals surface area contributed by atoms with Gasteiger partial charge in [-0.1, -0.05) is 0 Å². The minimum atomic E-state index is -0.427. The summed E-state index contributed by atoms with van der Waals surface area (Å²) >= 11 is 3.30. The molecule has 1 aromatic carbocycles. The first kappa shape index (κ1) is 13.5. The van der Waals surface area contributed by atoms with Crippen molar-refractivity contribution in [2.45, 2.75) is 6.92 Å². The molecular formula is C13H9BrN4O3. The van der Waals surface area contributed by atoms with E-state index >= 15 is 0 Å². The van der Waals surface area contributed by atoms with Gasteiger partial charge in [-0.15, -0.1) is 0 Å². The quantitative estimate of drug-likeness (QED) is 0.534. The van der Waals surface area contributed by atoms with E-state index in [9.17, 15) is 10.1 Å². The van der Waals surface area contributed by atoms with Crippen molar-refractivity contribution >= 4 is 27.3 Å². The Bertz CT molecular complexity index is 847. The summed E-state index contributed by atoms with van der Waals surface area (Å²) in [6.07, 6.45) is 5.17. The zero-order valence-corrected chi connectivity index (χ0v) is 12.4. The van der Waals surface area contributed by atoms with E-state index in [1.54, 1.807) is 36.0 Å². The Hall–Kier alpha value is -2.48. The molecule has 0 N–H and O–H groups in total. The molecule has 2 aromatic heterocycles. The highest BCUT2D eigenvalue weighted by atomic mass is 79.9. The van der Waals surface area contributed by atoms with E-state index in [1.807, 2.05) is 0 Å². The average molecular weight is 349 g/mol. The summed E-state index contributed by atoms with van der Waals surface area (Å²) in [5.41, 5.74) is 1.14. The maximum Gasteiger partial charge on any atom is 0.272 e. The largest absolute Gasteiger partial charge is 0.436 e. The Morgan fingerprint density at radius 1 is 1.43 bits per heavy atom. The minimum Gasteiger partial charge on any atom is -0.436 e. The predicted octanol–water partition coefficient (Wildman–Crippen LogP) is 3.50. The van der Waals surface area contributed by atoms with Crippen molar-refractivity contribution in [3.05, 3.63) is 57.1 Å². The van der Waals surface area contributed by atoms with Gasteiger partial charge in [0.25, 0.3) is 11.6 Å². The van der Waals surface area contributed by atoms with Crippen LogP contribution < -0.4 is 4.74 Å². The summed E-state index contributed by atoms with van der Waals surface area (Å²) in [6, 6.07) is 4.54. The van der Waals surface area contributed by atoms with Crippen LogP contribution in [0.15, 0.2) is 41.4 Å². The highest BCUT2D eigenvalue weighted by Crippen LogP contribution is 2.28. The summed E-state index contributed by atoms with van der Waals surface area (Å²) in [5, 5.41) is 10.8. The second kappa shape index (κ2) is 5.13. The minimum absolute atomic E-state index is 0.0514. The van der Waals surface area contributed by atoms with Crippen LogP contribution in [0.5, 0.6) is 11.6 Å². The van der Waals surface area contributed by atoms with E-state index in [0.717, 1.165) is 0 Å². The first-order valence-corrected chi connectivity index (χ1v) is 6.76. The monoisotopic (exact) mass is 348 g/mol. The van der Waals surface area contributed by atoms with E-state index < -0.39 is 4.92 Å². The number of benzene rings is 1. The molecule has 0 aliphatic heterocycles. The summed E-state index contributed by atoms with van der Waals surface area (Å²) in [7, 11) is 0. The smallest absolute Gasteiger partial charge is 0.272 e. The van der Waals surface area contributed by atoms with Crippen LogP contribution in [0.4, 0.5) is 5.69 Å². The lowest BCUT2D eigenvalue weighted by molar-refractivity contribution is -0.385. The second-order valence-electron chi connectivity index (χ2n) is 4.33. The number of hydrogen-bond acceptors (Lipinski definition) is 5. The maximum absolute atomic E-state index is 10.8. The normalized spacial score (nSPS) is 10.8. The van der Waals surface area contributed by atoms with E-state index in [4.69, 9.17) is 4.74 Å². The summed E-state index contributed by atoms with van der Waals surface area (Å²) in [5.74, 6) is 0.788. The van der Waals surface area contributed by atoms with Crippen molar-refractivity contribution in [3.8, 4) is 11.6 Å². The zero-order valence-electron chi connectivity index (χ0n) is 10.9. The number of nitro benzene ring substituents is 1. The summed E-state index contributed by atoms with van der Waals surface area (Å²) < 4.78 is 8.07. The highest BCUT2D eigenvalue weighted by molar-refractivity contribution is 9.10. The predicted molar refractivity (Wildman–Crippen MR) is 78.6 cm³/mol. The molecular weight excluding hydrogens is 340 g/mol. The fourth-order valence-corrected chi connectivity index (χ4v) is 2.33. The topological polar surface area (TPSA) is 82.6 Å². The van der Waals surface area contributed by atoms with Crippen LogP contribution in [-0.2, 0) is 0 Å². The fraction of sp³-hybridized carbons (Fsp3) is 0.0769. The molecule has 0 fully saturated rings. The molecule has 0 saturated heterocycles. The third-order valence-electron chi connectivity index (χ3n) is 2.89. The van der Waals surface area contributed by atoms with Gasteiger partial charge in [0.2, 0.25) is 5.65 Å². The van der Waals surface area contributed by atoms with Crippen molar-refractivity contribution in [3.63, 3.8) is 0 Å². The maximum atomic E-state index is 10.8. The molecule has 7 nitrogen and oxygen atoms in total. The van der Waals surface area contributed by atoms with Crippen LogP contribution >= 0.6 is 15.9 Å². The summed E-state index contributed by atoms with van der Waals surface area (Å²) in [6.45, 7) is 1.66. The average Bonchev–Trinajstić information content (AvgIpc) is 2.86. The molecule has 0 unspecified atom stereocenters. The van der Waals surface area contributed by atoms with Gasteiger partial charge in [-0.05, 0) is 35.0 Å². The number of halogens is 1. The van der Waals surface area contributed by atoms with Crippen LogP contribution in [0.1, 0.15) is 5.56 Å². The lowest BCUT2D eigenvalue weighted by Gasteiger charge is -2.07. The zero-order chi connectivity index (χ0) is 15.0. The number of aromatic nitrogens is 3. The molecule has 0 atom stereocenters. The van der Waals surface area contributed by atoms with Crippen LogP contribution in [0.2, 0.25) is 0 Å². The molecule has 0 saturated carbocycles. The Balaban J connectivity index is 2.00. The number of rotatable bonds is 3. The Morgan fingerprint density at radius 2 is 2.24 bits per heavy atom. The van der Waals surface area contributed by atoms with Gasteiger partial charge in [-0.2, -0.15) is 0 Å². The summed E-state index contributed by atoms with van der Waals surface area (Å²) in [4.78, 5) is 18.8. The van der Waals surface area contributed by atoms with Gasteiger partial charge >= 0.3 is 0 Å². The molecule has 2 heterocycles. The first-order chi connectivity index (χ1) is 10.0. The molecule has 0 amide bonds. The fourth-order valence-electron chi connectivity index (χ4n) is 1.95. The number of imidazole rings is 1. The van der Waals surface area contributed by atoms with E-state index in [1.165, 1.54) is 12.1 Å². The van der Waals surface area contributed by atoms with Crippen LogP contribution in [-0.4, -0.2) is 19.3 Å². The number of fused-ring (bicyclic) bond motifs is 1. The van der Waals surface area contributed by atoms with E-state index in [2.05, 4.69) is 25.9 Å². The van der Waals surface area contributed by atoms with Gasteiger partial charge in [0, 0.05) is 30.2 Å². The van der Waals surface area contributed by atoms with Crippen molar-refractivity contribution < 1.29 is 9.66 Å². The molecule has 0 aliphatic rings. The number of ether oxygens (including phenoxy) is 1. The number of hydrogen-bond donors (Lipinski definition) is 0. The second-order valence-corrected chi connectivity index (χ2v) is 5.15. The van der Waals surface area contributed by atoms with Crippen LogP contribution in [0.3, 0.4) is 0 Å². The van der Waals surface area contributed by atoms with E-state index in [-0.39, 0.29) is 5.69 Å². The van der Waals surface area contributed by atoms with Crippen LogP contribution in [0.25, 0.3) is 5.65 Å². The van der Waals surface area contributed by atoms with Crippen LogP contribution in [0, 0.1) is 17.0 Å². The third-order valence-corrected chi connectivity index (χ3v) is 3.28. The van der Waals surface area contributed by atoms with Gasteiger partial charge in [0.05, 0.1) is 4.92 Å². The third kappa shape index (κ3) is 2.57. The molecule has 0 aliphatic carbocycles. The lowest BCUT2D eigenvalue weighted by atomic mass is 10.2. The van der Waals surface area contributed by atoms with Crippen molar-refractivity contribution in [2.75, 3.05) is 0 Å². The Morgan fingerprint density at radius 3 is 2.95 bits per heavy atom. The molecule has 3 rings (SSSR count). The SMILES string of the molecule is Cc1cc(Oc2nc(Br)cn3ccnc23)ccc1[N+](=O)[O-]. The van der Waals surface area contributed by atoms with Gasteiger partial charge in [0.15, 0.2) is 0 Å². The number of nitro groups is 1. The van der Waals surface area contributed by atoms with E-state index in [0.29, 0.717) is 27.4 Å². The molecule has 8 heteroatoms. The number of aryl methyl sites for hydroxylation is 1.